The molecule has 0 fully saturated rings. The number of nitrogens with one attached hydrogen (secondary N) is 1. The fourth-order valence-electron chi connectivity index (χ4n) is 1.89. The van der Waals surface area contributed by atoms with E-state index < -0.39 is 23.1 Å². The number of pyridine rings is 2. The number of alkyl halides is 6. The lowest BCUT2D eigenvalue weighted by atomic mass is 10.2. The average Bonchev–Trinajstić information content (AvgIpc) is 2.95. The minimum Gasteiger partial charge on any atom is -0.345 e. The van der Waals surface area contributed by atoms with Crippen LogP contribution in [0, 0.1) is 0 Å². The molecular weight excluding hydrogens is 358 g/mol. The maximum atomic E-state index is 12.7. The lowest BCUT2D eigenvalue weighted by Crippen LogP contribution is -2.08. The van der Waals surface area contributed by atoms with Gasteiger partial charge in [0.2, 0.25) is 0 Å². The van der Waals surface area contributed by atoms with Gasteiger partial charge < -0.3 is 5.32 Å². The van der Waals surface area contributed by atoms with Crippen molar-refractivity contribution in [1.29, 1.82) is 0 Å². The topological polar surface area (TPSA) is 50.7 Å². The van der Waals surface area contributed by atoms with Gasteiger partial charge in [0, 0.05) is 11.6 Å². The Morgan fingerprint density at radius 2 is 1.67 bits per heavy atom. The third kappa shape index (κ3) is 3.25. The van der Waals surface area contributed by atoms with Crippen molar-refractivity contribution in [1.82, 2.24) is 15.0 Å². The highest BCUT2D eigenvalue weighted by molar-refractivity contribution is 7.15. The predicted molar refractivity (Wildman–Crippen MR) is 74.9 cm³/mol. The minimum absolute atomic E-state index is 0.0923. The number of halogens is 6. The standard InChI is InChI=1S/C13H6F6N4S/c14-12(15,16)8-2-1-6-7(3-4-20-10(6)23-8)22-9-5-21-11(24-9)13(17,18)19/h1-5H,(H,20,22,23). The first-order valence-electron chi connectivity index (χ1n) is 6.27. The molecule has 0 aromatic carbocycles. The lowest BCUT2D eigenvalue weighted by molar-refractivity contribution is -0.141. The van der Waals surface area contributed by atoms with Crippen LogP contribution in [0.25, 0.3) is 11.0 Å². The molecule has 3 rings (SSSR count). The second-order valence-corrected chi connectivity index (χ2v) is 5.61. The number of anilines is 2. The van der Waals surface area contributed by atoms with E-state index in [1.807, 2.05) is 0 Å². The smallest absolute Gasteiger partial charge is 0.345 e. The highest BCUT2D eigenvalue weighted by Crippen LogP contribution is 2.36. The maximum absolute atomic E-state index is 12.7. The number of hydrogen-bond donors (Lipinski definition) is 1. The predicted octanol–water partition coefficient (Wildman–Crippen LogP) is 4.87. The van der Waals surface area contributed by atoms with Crippen molar-refractivity contribution in [3.05, 3.63) is 41.3 Å². The molecule has 24 heavy (non-hydrogen) atoms. The number of thiazole rings is 1. The van der Waals surface area contributed by atoms with E-state index in [0.29, 0.717) is 11.3 Å². The van der Waals surface area contributed by atoms with E-state index in [1.54, 1.807) is 0 Å². The highest BCUT2D eigenvalue weighted by atomic mass is 32.1. The van der Waals surface area contributed by atoms with Crippen molar-refractivity contribution in [2.45, 2.75) is 12.4 Å². The SMILES string of the molecule is FC(F)(F)c1ccc2c(Nc3cnc(C(F)(F)F)s3)ccnc2n1. The van der Waals surface area contributed by atoms with Crippen LogP contribution in [0.4, 0.5) is 37.0 Å². The molecule has 1 N–H and O–H groups in total. The van der Waals surface area contributed by atoms with Gasteiger partial charge in [-0.15, -0.1) is 0 Å². The summed E-state index contributed by atoms with van der Waals surface area (Å²) < 4.78 is 75.6. The third-order valence-electron chi connectivity index (χ3n) is 2.90. The average molecular weight is 364 g/mol. The molecule has 0 unspecified atom stereocenters. The summed E-state index contributed by atoms with van der Waals surface area (Å²) in [5.74, 6) is 0. The molecule has 3 heterocycles. The monoisotopic (exact) mass is 364 g/mol. The van der Waals surface area contributed by atoms with Crippen molar-refractivity contribution in [2.75, 3.05) is 5.32 Å². The minimum atomic E-state index is -4.61. The molecule has 0 saturated heterocycles. The van der Waals surface area contributed by atoms with Crippen molar-refractivity contribution in [3.8, 4) is 0 Å². The lowest BCUT2D eigenvalue weighted by Gasteiger charge is -2.09. The van der Waals surface area contributed by atoms with Crippen LogP contribution in [0.5, 0.6) is 0 Å². The largest absolute Gasteiger partial charge is 0.443 e. The molecule has 0 aliphatic rings. The van der Waals surface area contributed by atoms with Crippen molar-refractivity contribution < 1.29 is 26.3 Å². The van der Waals surface area contributed by atoms with Gasteiger partial charge in [0.1, 0.15) is 10.7 Å². The van der Waals surface area contributed by atoms with E-state index >= 15 is 0 Å². The van der Waals surface area contributed by atoms with Crippen LogP contribution in [0.1, 0.15) is 10.7 Å². The summed E-state index contributed by atoms with van der Waals surface area (Å²) in [4.78, 5) is 10.4. The van der Waals surface area contributed by atoms with Gasteiger partial charge in [0.05, 0.1) is 11.9 Å². The number of rotatable bonds is 2. The molecule has 0 aliphatic carbocycles. The van der Waals surface area contributed by atoms with Crippen LogP contribution in [-0.4, -0.2) is 15.0 Å². The van der Waals surface area contributed by atoms with Crippen molar-refractivity contribution in [2.24, 2.45) is 0 Å². The number of aromatic nitrogens is 3. The Kier molecular flexibility index (Phi) is 3.82. The summed E-state index contributed by atoms with van der Waals surface area (Å²) in [6.07, 6.45) is -6.96. The van der Waals surface area contributed by atoms with Crippen LogP contribution in [0.3, 0.4) is 0 Å². The molecule has 3 aromatic heterocycles. The normalized spacial score (nSPS) is 12.6. The highest BCUT2D eigenvalue weighted by Gasteiger charge is 2.35. The molecule has 0 radical (unpaired) electrons. The molecule has 0 aliphatic heterocycles. The van der Waals surface area contributed by atoms with Crippen LogP contribution in [-0.2, 0) is 12.4 Å². The molecule has 11 heteroatoms. The second kappa shape index (κ2) is 5.58. The number of nitrogens with zero attached hydrogens (tertiary/aromatic N) is 3. The van der Waals surface area contributed by atoms with Gasteiger partial charge in [-0.2, -0.15) is 26.3 Å². The van der Waals surface area contributed by atoms with Gasteiger partial charge in [0.15, 0.2) is 10.7 Å². The first kappa shape index (κ1) is 16.4. The molecule has 0 saturated carbocycles. The number of hydrogen-bond acceptors (Lipinski definition) is 5. The van der Waals surface area contributed by atoms with Crippen molar-refractivity contribution >= 4 is 33.1 Å². The fourth-order valence-corrected chi connectivity index (χ4v) is 2.59. The summed E-state index contributed by atoms with van der Waals surface area (Å²) in [6.45, 7) is 0. The van der Waals surface area contributed by atoms with Crippen molar-refractivity contribution in [3.63, 3.8) is 0 Å². The van der Waals surface area contributed by atoms with Gasteiger partial charge in [-0.05, 0) is 18.2 Å². The zero-order chi connectivity index (χ0) is 17.5. The molecule has 0 atom stereocenters. The van der Waals surface area contributed by atoms with E-state index in [2.05, 4.69) is 20.3 Å². The van der Waals surface area contributed by atoms with E-state index in [9.17, 15) is 26.3 Å². The van der Waals surface area contributed by atoms with E-state index in [1.165, 1.54) is 12.3 Å². The van der Waals surface area contributed by atoms with Gasteiger partial charge in [-0.3, -0.25) is 0 Å². The first-order valence-corrected chi connectivity index (χ1v) is 7.09. The maximum Gasteiger partial charge on any atom is 0.443 e. The van der Waals surface area contributed by atoms with Crippen LogP contribution >= 0.6 is 11.3 Å². The zero-order valence-electron chi connectivity index (χ0n) is 11.4. The van der Waals surface area contributed by atoms with Crippen LogP contribution in [0.15, 0.2) is 30.6 Å². The van der Waals surface area contributed by atoms with E-state index in [4.69, 9.17) is 0 Å². The summed E-state index contributed by atoms with van der Waals surface area (Å²) >= 11 is 0.383. The second-order valence-electron chi connectivity index (χ2n) is 4.58. The Labute approximate surface area is 134 Å². The molecule has 0 amide bonds. The molecular formula is C13H6F6N4S. The Morgan fingerprint density at radius 1 is 0.917 bits per heavy atom. The summed E-state index contributed by atoms with van der Waals surface area (Å²) in [5.41, 5.74) is -0.995. The van der Waals surface area contributed by atoms with Gasteiger partial charge in [-0.25, -0.2) is 15.0 Å². The van der Waals surface area contributed by atoms with Crippen LogP contribution < -0.4 is 5.32 Å². The van der Waals surface area contributed by atoms with Crippen LogP contribution in [0.2, 0.25) is 0 Å². The van der Waals surface area contributed by atoms with E-state index in [-0.39, 0.29) is 21.7 Å². The third-order valence-corrected chi connectivity index (χ3v) is 3.86. The molecule has 0 spiro atoms. The fraction of sp³-hybridized carbons (Fsp3) is 0.154. The molecule has 0 bridgehead atoms. The van der Waals surface area contributed by atoms with Gasteiger partial charge in [-0.1, -0.05) is 11.3 Å². The first-order chi connectivity index (χ1) is 11.1. The number of fused-ring (bicyclic) bond motifs is 1. The molecule has 126 valence electrons. The zero-order valence-corrected chi connectivity index (χ0v) is 12.2. The van der Waals surface area contributed by atoms with Gasteiger partial charge in [0.25, 0.3) is 0 Å². The Hall–Kier alpha value is -2.43. The summed E-state index contributed by atoms with van der Waals surface area (Å²) in [6, 6.07) is 3.36. The summed E-state index contributed by atoms with van der Waals surface area (Å²) in [7, 11) is 0. The Balaban J connectivity index is 1.97. The molecule has 3 aromatic rings. The Bertz CT molecular complexity index is 886. The van der Waals surface area contributed by atoms with Gasteiger partial charge >= 0.3 is 12.4 Å². The quantitative estimate of drug-likeness (QED) is 0.660. The molecule has 4 nitrogen and oxygen atoms in total. The summed E-state index contributed by atoms with van der Waals surface area (Å²) in [5, 5.41) is 2.00. The Morgan fingerprint density at radius 3 is 2.29 bits per heavy atom. The van der Waals surface area contributed by atoms with E-state index in [0.717, 1.165) is 18.3 Å².